The van der Waals surface area contributed by atoms with Crippen LogP contribution in [0.3, 0.4) is 0 Å². The van der Waals surface area contributed by atoms with Crippen LogP contribution in [0, 0.1) is 11.3 Å². The second-order valence-electron chi connectivity index (χ2n) is 8.10. The summed E-state index contributed by atoms with van der Waals surface area (Å²) in [5.41, 5.74) is 2.35. The topological polar surface area (TPSA) is 118 Å². The number of carbonyl (C=O) groups is 1. The number of rotatable bonds is 5. The SMILES string of the molecule is N#C/C(=C/c1cn(-c2ccccc2)nc1-c1cc2ccccc2o1)C(=O)N[C@@H]1CCS(=O)(=O)C1. The second kappa shape index (κ2) is 8.65. The summed E-state index contributed by atoms with van der Waals surface area (Å²) < 4.78 is 31.1. The molecule has 2 aromatic carbocycles. The largest absolute Gasteiger partial charge is 0.454 e. The van der Waals surface area contributed by atoms with Crippen LogP contribution in [0.2, 0.25) is 0 Å². The predicted molar refractivity (Wildman–Crippen MR) is 128 cm³/mol. The van der Waals surface area contributed by atoms with Crippen molar-refractivity contribution in [3.63, 3.8) is 0 Å². The highest BCUT2D eigenvalue weighted by Gasteiger charge is 2.29. The Hall–Kier alpha value is -4.16. The van der Waals surface area contributed by atoms with Crippen LogP contribution < -0.4 is 5.32 Å². The van der Waals surface area contributed by atoms with E-state index >= 15 is 0 Å². The van der Waals surface area contributed by atoms with E-state index in [1.165, 1.54) is 6.08 Å². The Labute approximate surface area is 196 Å². The molecule has 0 bridgehead atoms. The van der Waals surface area contributed by atoms with E-state index in [-0.39, 0.29) is 17.1 Å². The molecule has 5 rings (SSSR count). The molecular formula is C25H20N4O4S. The molecule has 0 aliphatic carbocycles. The van der Waals surface area contributed by atoms with Crippen molar-refractivity contribution in [3.05, 3.63) is 78.0 Å². The predicted octanol–water partition coefficient (Wildman–Crippen LogP) is 3.50. The van der Waals surface area contributed by atoms with Gasteiger partial charge in [0.1, 0.15) is 22.9 Å². The Morgan fingerprint density at radius 2 is 1.94 bits per heavy atom. The van der Waals surface area contributed by atoms with Crippen LogP contribution in [0.25, 0.3) is 34.2 Å². The summed E-state index contributed by atoms with van der Waals surface area (Å²) in [5, 5.41) is 17.9. The Balaban J connectivity index is 1.54. The van der Waals surface area contributed by atoms with Gasteiger partial charge in [0.05, 0.1) is 17.2 Å². The van der Waals surface area contributed by atoms with E-state index < -0.39 is 21.8 Å². The van der Waals surface area contributed by atoms with E-state index in [2.05, 4.69) is 10.4 Å². The van der Waals surface area contributed by atoms with Gasteiger partial charge in [-0.05, 0) is 36.8 Å². The van der Waals surface area contributed by atoms with Crippen molar-refractivity contribution in [2.24, 2.45) is 0 Å². The minimum Gasteiger partial charge on any atom is -0.454 e. The molecule has 1 saturated heterocycles. The van der Waals surface area contributed by atoms with Gasteiger partial charge in [-0.3, -0.25) is 4.79 Å². The monoisotopic (exact) mass is 472 g/mol. The zero-order chi connectivity index (χ0) is 23.7. The molecule has 4 aromatic rings. The third-order valence-corrected chi connectivity index (χ3v) is 7.42. The molecular weight excluding hydrogens is 452 g/mol. The molecule has 1 fully saturated rings. The smallest absolute Gasteiger partial charge is 0.262 e. The molecule has 2 aromatic heterocycles. The molecule has 9 heteroatoms. The first-order valence-electron chi connectivity index (χ1n) is 10.7. The summed E-state index contributed by atoms with van der Waals surface area (Å²) in [6, 6.07) is 20.3. The summed E-state index contributed by atoms with van der Waals surface area (Å²) in [4.78, 5) is 12.8. The number of hydrogen-bond donors (Lipinski definition) is 1. The van der Waals surface area contributed by atoms with Gasteiger partial charge < -0.3 is 9.73 Å². The van der Waals surface area contributed by atoms with Gasteiger partial charge in [-0.2, -0.15) is 10.4 Å². The first-order chi connectivity index (χ1) is 16.4. The normalized spacial score (nSPS) is 17.5. The average Bonchev–Trinajstić information content (AvgIpc) is 3.53. The Morgan fingerprint density at radius 3 is 2.65 bits per heavy atom. The number of amides is 1. The minimum atomic E-state index is -3.16. The van der Waals surface area contributed by atoms with E-state index in [1.807, 2.05) is 66.7 Å². The van der Waals surface area contributed by atoms with Gasteiger partial charge in [-0.15, -0.1) is 0 Å². The molecule has 0 radical (unpaired) electrons. The van der Waals surface area contributed by atoms with Gasteiger partial charge in [-0.1, -0.05) is 36.4 Å². The Morgan fingerprint density at radius 1 is 1.18 bits per heavy atom. The Bertz CT molecular complexity index is 1530. The number of aromatic nitrogens is 2. The van der Waals surface area contributed by atoms with E-state index in [4.69, 9.17) is 4.42 Å². The van der Waals surface area contributed by atoms with E-state index in [0.29, 0.717) is 29.0 Å². The maximum absolute atomic E-state index is 12.8. The number of hydrogen-bond acceptors (Lipinski definition) is 6. The summed E-state index contributed by atoms with van der Waals surface area (Å²) in [6.07, 6.45) is 3.51. The van der Waals surface area contributed by atoms with Gasteiger partial charge in [-0.25, -0.2) is 13.1 Å². The van der Waals surface area contributed by atoms with E-state index in [0.717, 1.165) is 11.1 Å². The number of nitriles is 1. The van der Waals surface area contributed by atoms with E-state index in [1.54, 1.807) is 10.9 Å². The number of carbonyl (C=O) groups excluding carboxylic acids is 1. The number of furan rings is 1. The van der Waals surface area contributed by atoms with Crippen LogP contribution in [-0.2, 0) is 14.6 Å². The molecule has 8 nitrogen and oxygen atoms in total. The molecule has 170 valence electrons. The maximum atomic E-state index is 12.8. The fraction of sp³-hybridized carbons (Fsp3) is 0.160. The molecule has 0 saturated carbocycles. The lowest BCUT2D eigenvalue weighted by Gasteiger charge is -2.09. The zero-order valence-electron chi connectivity index (χ0n) is 18.0. The highest BCUT2D eigenvalue weighted by atomic mass is 32.2. The number of para-hydroxylation sites is 2. The summed E-state index contributed by atoms with van der Waals surface area (Å²) >= 11 is 0. The van der Waals surface area contributed by atoms with Crippen LogP contribution in [0.4, 0.5) is 0 Å². The van der Waals surface area contributed by atoms with Crippen LogP contribution in [-0.4, -0.2) is 41.7 Å². The van der Waals surface area contributed by atoms with Crippen LogP contribution in [0.15, 0.2) is 76.9 Å². The summed E-state index contributed by atoms with van der Waals surface area (Å²) in [6.45, 7) is 0. The van der Waals surface area contributed by atoms with Crippen molar-refractivity contribution < 1.29 is 17.6 Å². The maximum Gasteiger partial charge on any atom is 0.262 e. The number of benzene rings is 2. The van der Waals surface area contributed by atoms with Crippen molar-refractivity contribution in [3.8, 4) is 23.2 Å². The first-order valence-corrected chi connectivity index (χ1v) is 12.5. The first kappa shape index (κ1) is 21.7. The van der Waals surface area contributed by atoms with Crippen molar-refractivity contribution >= 4 is 32.8 Å². The molecule has 1 amide bonds. The van der Waals surface area contributed by atoms with Gasteiger partial charge >= 0.3 is 0 Å². The lowest BCUT2D eigenvalue weighted by molar-refractivity contribution is -0.117. The fourth-order valence-corrected chi connectivity index (χ4v) is 5.65. The average molecular weight is 473 g/mol. The van der Waals surface area contributed by atoms with Crippen molar-refractivity contribution in [1.82, 2.24) is 15.1 Å². The van der Waals surface area contributed by atoms with Crippen LogP contribution in [0.1, 0.15) is 12.0 Å². The fourth-order valence-electron chi connectivity index (χ4n) is 3.97. The second-order valence-corrected chi connectivity index (χ2v) is 10.3. The highest BCUT2D eigenvalue weighted by molar-refractivity contribution is 7.91. The van der Waals surface area contributed by atoms with Crippen LogP contribution in [0.5, 0.6) is 0 Å². The van der Waals surface area contributed by atoms with Gasteiger partial charge in [0.15, 0.2) is 15.6 Å². The number of nitrogens with one attached hydrogen (secondary N) is 1. The minimum absolute atomic E-state index is 0.0313. The molecule has 1 aliphatic heterocycles. The standard InChI is InChI=1S/C25H20N4O4S/c26-14-18(25(30)27-20-10-11-34(31,32)16-20)12-19-15-29(21-7-2-1-3-8-21)28-24(19)23-13-17-6-4-5-9-22(17)33-23/h1-9,12-13,15,20H,10-11,16H2,(H,27,30)/b18-12-/t20-/m1/s1. The quantitative estimate of drug-likeness (QED) is 0.351. The number of nitrogens with zero attached hydrogens (tertiary/aromatic N) is 3. The molecule has 1 atom stereocenters. The third kappa shape index (κ3) is 4.36. The van der Waals surface area contributed by atoms with E-state index in [9.17, 15) is 18.5 Å². The van der Waals surface area contributed by atoms with Gasteiger partial charge in [0, 0.05) is 23.2 Å². The summed E-state index contributed by atoms with van der Waals surface area (Å²) in [5.74, 6) is -0.202. The van der Waals surface area contributed by atoms with Gasteiger partial charge in [0.25, 0.3) is 5.91 Å². The van der Waals surface area contributed by atoms with Crippen molar-refractivity contribution in [2.75, 3.05) is 11.5 Å². The lowest BCUT2D eigenvalue weighted by atomic mass is 10.1. The zero-order valence-corrected chi connectivity index (χ0v) is 18.8. The van der Waals surface area contributed by atoms with Crippen molar-refractivity contribution in [1.29, 1.82) is 5.26 Å². The Kier molecular flexibility index (Phi) is 5.51. The van der Waals surface area contributed by atoms with Crippen LogP contribution >= 0.6 is 0 Å². The molecule has 3 heterocycles. The molecule has 0 spiro atoms. The number of sulfone groups is 1. The summed E-state index contributed by atoms with van der Waals surface area (Å²) in [7, 11) is -3.16. The molecule has 1 N–H and O–H groups in total. The molecule has 34 heavy (non-hydrogen) atoms. The third-order valence-electron chi connectivity index (χ3n) is 5.65. The van der Waals surface area contributed by atoms with Crippen molar-refractivity contribution in [2.45, 2.75) is 12.5 Å². The number of fused-ring (bicyclic) bond motifs is 1. The highest BCUT2D eigenvalue weighted by Crippen LogP contribution is 2.31. The van der Waals surface area contributed by atoms with Gasteiger partial charge in [0.2, 0.25) is 0 Å². The molecule has 0 unspecified atom stereocenters. The molecule has 1 aliphatic rings. The lowest BCUT2D eigenvalue weighted by Crippen LogP contribution is -2.36.